The predicted molar refractivity (Wildman–Crippen MR) is 98.5 cm³/mol. The van der Waals surface area contributed by atoms with E-state index < -0.39 is 17.5 Å². The molecule has 0 saturated carbocycles. The van der Waals surface area contributed by atoms with Gasteiger partial charge >= 0.3 is 0 Å². The number of carbonyl (C=O) groups excluding carboxylic acids is 1. The molecule has 1 heterocycles. The predicted octanol–water partition coefficient (Wildman–Crippen LogP) is 4.28. The second-order valence-corrected chi connectivity index (χ2v) is 6.00. The van der Waals surface area contributed by atoms with Crippen LogP contribution in [0.5, 0.6) is 5.75 Å². The molecule has 1 amide bonds. The van der Waals surface area contributed by atoms with E-state index in [2.05, 4.69) is 4.98 Å². The first-order valence-electron chi connectivity index (χ1n) is 8.38. The summed E-state index contributed by atoms with van der Waals surface area (Å²) in [4.78, 5) is 18.1. The molecule has 0 saturated heterocycles. The topological polar surface area (TPSA) is 42.4 Å². The Morgan fingerprint density at radius 1 is 1.07 bits per heavy atom. The van der Waals surface area contributed by atoms with Crippen molar-refractivity contribution in [3.63, 3.8) is 0 Å². The second kappa shape index (κ2) is 8.40. The average Bonchev–Trinajstić information content (AvgIpc) is 2.67. The number of aromatic nitrogens is 1. The molecule has 6 heteroatoms. The molecular weight excluding hydrogens is 350 g/mol. The first-order chi connectivity index (χ1) is 13.0. The number of rotatable bonds is 6. The maximum atomic E-state index is 14.3. The highest BCUT2D eigenvalue weighted by atomic mass is 19.1. The van der Waals surface area contributed by atoms with Crippen molar-refractivity contribution in [1.29, 1.82) is 0 Å². The Morgan fingerprint density at radius 2 is 1.85 bits per heavy atom. The summed E-state index contributed by atoms with van der Waals surface area (Å²) in [6, 6.07) is 15.6. The van der Waals surface area contributed by atoms with Crippen LogP contribution < -0.4 is 9.64 Å². The number of hydrogen-bond donors (Lipinski definition) is 0. The van der Waals surface area contributed by atoms with Gasteiger partial charge in [-0.15, -0.1) is 0 Å². The zero-order valence-electron chi connectivity index (χ0n) is 14.7. The highest BCUT2D eigenvalue weighted by molar-refractivity contribution is 5.94. The summed E-state index contributed by atoms with van der Waals surface area (Å²) in [7, 11) is 0. The first-order valence-corrected chi connectivity index (χ1v) is 8.38. The molecule has 27 heavy (non-hydrogen) atoms. The molecule has 0 atom stereocenters. The fraction of sp³-hybridized carbons (Fsp3) is 0.143. The van der Waals surface area contributed by atoms with Crippen LogP contribution in [0.4, 0.5) is 14.5 Å². The van der Waals surface area contributed by atoms with E-state index in [4.69, 9.17) is 4.74 Å². The van der Waals surface area contributed by atoms with Gasteiger partial charge in [0.25, 0.3) is 5.91 Å². The van der Waals surface area contributed by atoms with E-state index in [0.29, 0.717) is 11.4 Å². The van der Waals surface area contributed by atoms with Crippen molar-refractivity contribution in [2.24, 2.45) is 0 Å². The van der Waals surface area contributed by atoms with Gasteiger partial charge in [-0.2, -0.15) is 0 Å². The molecule has 2 aromatic carbocycles. The Bertz CT molecular complexity index is 915. The summed E-state index contributed by atoms with van der Waals surface area (Å²) in [6.45, 7) is 1.70. The molecule has 138 valence electrons. The summed E-state index contributed by atoms with van der Waals surface area (Å²) in [5.74, 6) is -1.47. The third kappa shape index (κ3) is 4.88. The molecule has 0 aliphatic heterocycles. The normalized spacial score (nSPS) is 10.5. The lowest BCUT2D eigenvalue weighted by Crippen LogP contribution is -2.35. The number of benzene rings is 2. The number of halogens is 2. The van der Waals surface area contributed by atoms with Crippen LogP contribution in [0.25, 0.3) is 0 Å². The van der Waals surface area contributed by atoms with Crippen molar-refractivity contribution in [2.75, 3.05) is 11.5 Å². The summed E-state index contributed by atoms with van der Waals surface area (Å²) in [5.41, 5.74) is 1.61. The number of carbonyl (C=O) groups is 1. The summed E-state index contributed by atoms with van der Waals surface area (Å²) < 4.78 is 33.1. The number of pyridine rings is 1. The van der Waals surface area contributed by atoms with Crippen LogP contribution in [-0.2, 0) is 11.3 Å². The van der Waals surface area contributed by atoms with Crippen molar-refractivity contribution in [2.45, 2.75) is 13.5 Å². The molecule has 0 fully saturated rings. The maximum absolute atomic E-state index is 14.3. The standard InChI is InChI=1S/C21H18F2N2O2/c1-15-5-8-18(9-6-15)27-14-21(26)25(13-17-4-2-3-11-24-17)20-10-7-16(22)12-19(20)23/h2-12H,13-14H2,1H3. The average molecular weight is 368 g/mol. The van der Waals surface area contributed by atoms with E-state index in [1.54, 1.807) is 36.5 Å². The lowest BCUT2D eigenvalue weighted by atomic mass is 10.2. The van der Waals surface area contributed by atoms with Crippen LogP contribution >= 0.6 is 0 Å². The molecule has 0 radical (unpaired) electrons. The van der Waals surface area contributed by atoms with Crippen LogP contribution in [0, 0.1) is 18.6 Å². The van der Waals surface area contributed by atoms with Gasteiger partial charge in [0.05, 0.1) is 17.9 Å². The monoisotopic (exact) mass is 368 g/mol. The molecule has 0 aliphatic rings. The van der Waals surface area contributed by atoms with Crippen molar-refractivity contribution in [1.82, 2.24) is 4.98 Å². The van der Waals surface area contributed by atoms with Gasteiger partial charge in [0, 0.05) is 12.3 Å². The third-order valence-electron chi connectivity index (χ3n) is 3.93. The largest absolute Gasteiger partial charge is 0.484 e. The summed E-state index contributed by atoms with van der Waals surface area (Å²) in [5, 5.41) is 0. The van der Waals surface area contributed by atoms with Gasteiger partial charge in [-0.25, -0.2) is 8.78 Å². The van der Waals surface area contributed by atoms with Gasteiger partial charge in [-0.1, -0.05) is 23.8 Å². The second-order valence-electron chi connectivity index (χ2n) is 6.00. The van der Waals surface area contributed by atoms with Crippen molar-refractivity contribution in [3.8, 4) is 5.75 Å². The van der Waals surface area contributed by atoms with Crippen LogP contribution in [-0.4, -0.2) is 17.5 Å². The third-order valence-corrected chi connectivity index (χ3v) is 3.93. The van der Waals surface area contributed by atoms with Gasteiger partial charge in [-0.3, -0.25) is 9.78 Å². The molecule has 0 N–H and O–H groups in total. The van der Waals surface area contributed by atoms with E-state index in [9.17, 15) is 13.6 Å². The number of nitrogens with zero attached hydrogens (tertiary/aromatic N) is 2. The van der Waals surface area contributed by atoms with E-state index in [0.717, 1.165) is 17.7 Å². The summed E-state index contributed by atoms with van der Waals surface area (Å²) in [6.07, 6.45) is 1.59. The van der Waals surface area contributed by atoms with Gasteiger partial charge in [0.1, 0.15) is 17.4 Å². The van der Waals surface area contributed by atoms with Gasteiger partial charge in [0.2, 0.25) is 0 Å². The maximum Gasteiger partial charge on any atom is 0.265 e. The number of ether oxygens (including phenoxy) is 1. The van der Waals surface area contributed by atoms with Gasteiger partial charge in [-0.05, 0) is 43.3 Å². The van der Waals surface area contributed by atoms with Crippen molar-refractivity contribution >= 4 is 11.6 Å². The zero-order valence-corrected chi connectivity index (χ0v) is 14.7. The molecule has 0 spiro atoms. The molecule has 1 aromatic heterocycles. The fourth-order valence-electron chi connectivity index (χ4n) is 2.52. The van der Waals surface area contributed by atoms with Crippen molar-refractivity contribution in [3.05, 3.63) is 89.8 Å². The van der Waals surface area contributed by atoms with Crippen molar-refractivity contribution < 1.29 is 18.3 Å². The SMILES string of the molecule is Cc1ccc(OCC(=O)N(Cc2ccccn2)c2ccc(F)cc2F)cc1. The van der Waals surface area contributed by atoms with Crippen LogP contribution in [0.15, 0.2) is 66.9 Å². The molecule has 3 rings (SSSR count). The molecule has 3 aromatic rings. The van der Waals surface area contributed by atoms with Crippen LogP contribution in [0.2, 0.25) is 0 Å². The minimum absolute atomic E-state index is 0.0282. The Balaban J connectivity index is 1.81. The Hall–Kier alpha value is -3.28. The highest BCUT2D eigenvalue weighted by Gasteiger charge is 2.21. The highest BCUT2D eigenvalue weighted by Crippen LogP contribution is 2.22. The molecule has 0 bridgehead atoms. The Kier molecular flexibility index (Phi) is 5.76. The van der Waals surface area contributed by atoms with E-state index in [1.807, 2.05) is 19.1 Å². The number of hydrogen-bond acceptors (Lipinski definition) is 3. The van der Waals surface area contributed by atoms with E-state index in [1.165, 1.54) is 11.0 Å². The Labute approximate surface area is 156 Å². The van der Waals surface area contributed by atoms with Crippen LogP contribution in [0.3, 0.4) is 0 Å². The van der Waals surface area contributed by atoms with E-state index >= 15 is 0 Å². The zero-order chi connectivity index (χ0) is 19.2. The minimum Gasteiger partial charge on any atom is -0.484 e. The van der Waals surface area contributed by atoms with Crippen LogP contribution in [0.1, 0.15) is 11.3 Å². The minimum atomic E-state index is -0.824. The molecule has 4 nitrogen and oxygen atoms in total. The lowest BCUT2D eigenvalue weighted by molar-refractivity contribution is -0.120. The summed E-state index contributed by atoms with van der Waals surface area (Å²) >= 11 is 0. The lowest BCUT2D eigenvalue weighted by Gasteiger charge is -2.23. The van der Waals surface area contributed by atoms with Gasteiger partial charge in [0.15, 0.2) is 6.61 Å². The molecule has 0 aliphatic carbocycles. The fourth-order valence-corrected chi connectivity index (χ4v) is 2.52. The number of aryl methyl sites for hydroxylation is 1. The van der Waals surface area contributed by atoms with E-state index in [-0.39, 0.29) is 18.8 Å². The first kappa shape index (κ1) is 18.5. The quantitative estimate of drug-likeness (QED) is 0.652. The Morgan fingerprint density at radius 3 is 2.52 bits per heavy atom. The number of anilines is 1. The number of amides is 1. The molecular formula is C21H18F2N2O2. The van der Waals surface area contributed by atoms with Gasteiger partial charge < -0.3 is 9.64 Å². The molecule has 0 unspecified atom stereocenters. The smallest absolute Gasteiger partial charge is 0.265 e.